The van der Waals surface area contributed by atoms with Crippen molar-refractivity contribution in [2.24, 2.45) is 11.3 Å². The maximum absolute atomic E-state index is 11.3. The Morgan fingerprint density at radius 2 is 2.36 bits per heavy atom. The molecule has 1 saturated carbocycles. The molecule has 2 aliphatic rings. The standard InChI is InChI=1S/C11H18BrNO/c1-9(14)13-5-4-11(8-13)3-2-10(6-11)7-12/h10H,2-8H2,1H3/t10-,11-/m0/s1. The molecule has 2 fully saturated rings. The average molecular weight is 260 g/mol. The SMILES string of the molecule is CC(=O)N1CC[C@]2(CC[C@H](CBr)C2)C1. The first-order valence-corrected chi connectivity index (χ1v) is 6.59. The third-order valence-corrected chi connectivity index (χ3v) is 4.82. The lowest BCUT2D eigenvalue weighted by Crippen LogP contribution is -2.29. The van der Waals surface area contributed by atoms with E-state index in [1.165, 1.54) is 25.7 Å². The third-order valence-electron chi connectivity index (χ3n) is 3.91. The summed E-state index contributed by atoms with van der Waals surface area (Å²) < 4.78 is 0. The Morgan fingerprint density at radius 1 is 1.57 bits per heavy atom. The van der Waals surface area contributed by atoms with Gasteiger partial charge in [-0.05, 0) is 37.0 Å². The van der Waals surface area contributed by atoms with E-state index in [4.69, 9.17) is 0 Å². The fourth-order valence-corrected chi connectivity index (χ4v) is 3.59. The predicted molar refractivity (Wildman–Crippen MR) is 60.4 cm³/mol. The van der Waals surface area contributed by atoms with Gasteiger partial charge >= 0.3 is 0 Å². The van der Waals surface area contributed by atoms with E-state index in [1.54, 1.807) is 6.92 Å². The van der Waals surface area contributed by atoms with Gasteiger partial charge in [0.1, 0.15) is 0 Å². The molecule has 0 aromatic rings. The lowest BCUT2D eigenvalue weighted by atomic mass is 9.85. The Bertz CT molecular complexity index is 243. The monoisotopic (exact) mass is 259 g/mol. The molecule has 1 spiro atoms. The first-order chi connectivity index (χ1) is 6.65. The van der Waals surface area contributed by atoms with Gasteiger partial charge in [-0.25, -0.2) is 0 Å². The molecule has 1 aliphatic carbocycles. The van der Waals surface area contributed by atoms with Crippen LogP contribution in [0.4, 0.5) is 0 Å². The number of alkyl halides is 1. The van der Waals surface area contributed by atoms with E-state index in [0.29, 0.717) is 5.41 Å². The fraction of sp³-hybridized carbons (Fsp3) is 0.909. The summed E-state index contributed by atoms with van der Waals surface area (Å²) in [5.41, 5.74) is 0.490. The van der Waals surface area contributed by atoms with E-state index < -0.39 is 0 Å². The van der Waals surface area contributed by atoms with Gasteiger partial charge in [0, 0.05) is 25.3 Å². The summed E-state index contributed by atoms with van der Waals surface area (Å²) in [7, 11) is 0. The molecule has 2 rings (SSSR count). The number of halogens is 1. The fourth-order valence-electron chi connectivity index (χ4n) is 3.03. The highest BCUT2D eigenvalue weighted by atomic mass is 79.9. The first-order valence-electron chi connectivity index (χ1n) is 5.47. The average Bonchev–Trinajstić information content (AvgIpc) is 2.74. The number of rotatable bonds is 1. The lowest BCUT2D eigenvalue weighted by Gasteiger charge is -2.23. The molecular weight excluding hydrogens is 242 g/mol. The van der Waals surface area contributed by atoms with Gasteiger partial charge in [-0.3, -0.25) is 4.79 Å². The van der Waals surface area contributed by atoms with Crippen molar-refractivity contribution < 1.29 is 4.79 Å². The number of hydrogen-bond acceptors (Lipinski definition) is 1. The minimum atomic E-state index is 0.254. The highest BCUT2D eigenvalue weighted by Crippen LogP contribution is 2.48. The molecule has 14 heavy (non-hydrogen) atoms. The van der Waals surface area contributed by atoms with Crippen LogP contribution in [0.2, 0.25) is 0 Å². The van der Waals surface area contributed by atoms with E-state index in [0.717, 1.165) is 24.3 Å². The molecule has 1 heterocycles. The Balaban J connectivity index is 1.97. The van der Waals surface area contributed by atoms with Gasteiger partial charge < -0.3 is 4.90 Å². The minimum absolute atomic E-state index is 0.254. The van der Waals surface area contributed by atoms with Crippen molar-refractivity contribution in [3.05, 3.63) is 0 Å². The number of carbonyl (C=O) groups excluding carboxylic acids is 1. The van der Waals surface area contributed by atoms with Crippen LogP contribution in [-0.4, -0.2) is 29.2 Å². The van der Waals surface area contributed by atoms with Crippen molar-refractivity contribution in [1.82, 2.24) is 4.90 Å². The summed E-state index contributed by atoms with van der Waals surface area (Å²) in [5, 5.41) is 1.13. The quantitative estimate of drug-likeness (QED) is 0.663. The van der Waals surface area contributed by atoms with Gasteiger partial charge in [0.2, 0.25) is 5.91 Å². The molecule has 80 valence electrons. The van der Waals surface area contributed by atoms with Crippen LogP contribution in [0.5, 0.6) is 0 Å². The summed E-state index contributed by atoms with van der Waals surface area (Å²) in [6, 6.07) is 0. The summed E-state index contributed by atoms with van der Waals surface area (Å²) in [6.45, 7) is 3.70. The van der Waals surface area contributed by atoms with Crippen molar-refractivity contribution in [2.45, 2.75) is 32.6 Å². The van der Waals surface area contributed by atoms with Crippen LogP contribution in [0.15, 0.2) is 0 Å². The molecule has 2 nitrogen and oxygen atoms in total. The normalized spacial score (nSPS) is 37.0. The minimum Gasteiger partial charge on any atom is -0.342 e. The summed E-state index contributed by atoms with van der Waals surface area (Å²) >= 11 is 3.57. The Morgan fingerprint density at radius 3 is 2.86 bits per heavy atom. The molecule has 0 unspecified atom stereocenters. The van der Waals surface area contributed by atoms with Crippen LogP contribution < -0.4 is 0 Å². The molecule has 1 saturated heterocycles. The number of nitrogens with zero attached hydrogens (tertiary/aromatic N) is 1. The maximum atomic E-state index is 11.3. The molecule has 3 heteroatoms. The molecule has 0 aromatic heterocycles. The van der Waals surface area contributed by atoms with Crippen LogP contribution >= 0.6 is 15.9 Å². The van der Waals surface area contributed by atoms with Crippen LogP contribution in [-0.2, 0) is 4.79 Å². The van der Waals surface area contributed by atoms with Gasteiger partial charge in [0.05, 0.1) is 0 Å². The van der Waals surface area contributed by atoms with E-state index in [9.17, 15) is 4.79 Å². The third kappa shape index (κ3) is 1.83. The topological polar surface area (TPSA) is 20.3 Å². The molecule has 0 bridgehead atoms. The van der Waals surface area contributed by atoms with Crippen molar-refractivity contribution in [3.63, 3.8) is 0 Å². The van der Waals surface area contributed by atoms with Gasteiger partial charge in [-0.15, -0.1) is 0 Å². The summed E-state index contributed by atoms with van der Waals surface area (Å²) in [5.74, 6) is 1.10. The number of likely N-dealkylation sites (tertiary alicyclic amines) is 1. The summed E-state index contributed by atoms with van der Waals surface area (Å²) in [4.78, 5) is 13.3. The largest absolute Gasteiger partial charge is 0.342 e. The Kier molecular flexibility index (Phi) is 2.87. The number of hydrogen-bond donors (Lipinski definition) is 0. The molecule has 1 amide bonds. The van der Waals surface area contributed by atoms with E-state index in [1.807, 2.05) is 4.90 Å². The summed E-state index contributed by atoms with van der Waals surface area (Å²) in [6.07, 6.45) is 5.22. The highest BCUT2D eigenvalue weighted by Gasteiger charge is 2.44. The van der Waals surface area contributed by atoms with Crippen LogP contribution in [0.25, 0.3) is 0 Å². The Labute approximate surface area is 94.2 Å². The molecular formula is C11H18BrNO. The molecule has 0 N–H and O–H groups in total. The second kappa shape index (κ2) is 3.84. The number of carbonyl (C=O) groups is 1. The van der Waals surface area contributed by atoms with Gasteiger partial charge in [0.15, 0.2) is 0 Å². The first kappa shape index (κ1) is 10.5. The zero-order valence-corrected chi connectivity index (χ0v) is 10.3. The zero-order chi connectivity index (χ0) is 10.2. The van der Waals surface area contributed by atoms with E-state index >= 15 is 0 Å². The van der Waals surface area contributed by atoms with Gasteiger partial charge in [0.25, 0.3) is 0 Å². The zero-order valence-electron chi connectivity index (χ0n) is 8.76. The molecule has 0 radical (unpaired) electrons. The highest BCUT2D eigenvalue weighted by molar-refractivity contribution is 9.09. The Hall–Kier alpha value is -0.0500. The molecule has 1 aliphatic heterocycles. The molecule has 0 aromatic carbocycles. The van der Waals surface area contributed by atoms with Crippen molar-refractivity contribution in [3.8, 4) is 0 Å². The maximum Gasteiger partial charge on any atom is 0.219 e. The van der Waals surface area contributed by atoms with Crippen LogP contribution in [0.1, 0.15) is 32.6 Å². The van der Waals surface area contributed by atoms with Crippen molar-refractivity contribution >= 4 is 21.8 Å². The second-order valence-electron chi connectivity index (χ2n) is 4.95. The van der Waals surface area contributed by atoms with Gasteiger partial charge in [-0.1, -0.05) is 15.9 Å². The lowest BCUT2D eigenvalue weighted by molar-refractivity contribution is -0.128. The van der Waals surface area contributed by atoms with E-state index in [-0.39, 0.29) is 5.91 Å². The van der Waals surface area contributed by atoms with Crippen molar-refractivity contribution in [1.29, 1.82) is 0 Å². The van der Waals surface area contributed by atoms with Crippen LogP contribution in [0, 0.1) is 11.3 Å². The predicted octanol–water partition coefficient (Wildman–Crippen LogP) is 2.42. The molecule has 2 atom stereocenters. The van der Waals surface area contributed by atoms with Crippen LogP contribution in [0.3, 0.4) is 0 Å². The van der Waals surface area contributed by atoms with E-state index in [2.05, 4.69) is 15.9 Å². The number of amides is 1. The van der Waals surface area contributed by atoms with Crippen molar-refractivity contribution in [2.75, 3.05) is 18.4 Å². The second-order valence-corrected chi connectivity index (χ2v) is 5.60. The van der Waals surface area contributed by atoms with Gasteiger partial charge in [-0.2, -0.15) is 0 Å². The smallest absolute Gasteiger partial charge is 0.219 e.